The Bertz CT molecular complexity index is 1270. The lowest BCUT2D eigenvalue weighted by Crippen LogP contribution is -2.49. The molecule has 2 aromatic heterocycles. The Balaban J connectivity index is 1.40. The van der Waals surface area contributed by atoms with Crippen molar-refractivity contribution in [3.63, 3.8) is 0 Å². The number of ether oxygens (including phenoxy) is 1. The van der Waals surface area contributed by atoms with Gasteiger partial charge in [-0.05, 0) is 19.1 Å². The number of amides is 2. The molecule has 0 spiro atoms. The van der Waals surface area contributed by atoms with Crippen molar-refractivity contribution in [3.8, 4) is 0 Å². The van der Waals surface area contributed by atoms with E-state index in [4.69, 9.17) is 10.5 Å². The van der Waals surface area contributed by atoms with Crippen LogP contribution in [0.25, 0.3) is 10.9 Å². The lowest BCUT2D eigenvalue weighted by molar-refractivity contribution is -0.139. The highest BCUT2D eigenvalue weighted by Gasteiger charge is 2.36. The molecule has 2 N–H and O–H groups in total. The van der Waals surface area contributed by atoms with Gasteiger partial charge in [0.25, 0.3) is 5.91 Å². The van der Waals surface area contributed by atoms with Crippen LogP contribution in [0.5, 0.6) is 0 Å². The first-order chi connectivity index (χ1) is 16.3. The fourth-order valence-electron chi connectivity index (χ4n) is 4.56. The number of nitrogens with two attached hydrogens (primary N) is 1. The van der Waals surface area contributed by atoms with E-state index in [0.717, 1.165) is 6.07 Å². The maximum atomic E-state index is 14.9. The summed E-state index contributed by atoms with van der Waals surface area (Å²) in [6.45, 7) is 3.72. The van der Waals surface area contributed by atoms with Gasteiger partial charge in [-0.1, -0.05) is 0 Å². The Morgan fingerprint density at radius 2 is 2.03 bits per heavy atom. The van der Waals surface area contributed by atoms with Crippen molar-refractivity contribution in [2.45, 2.75) is 25.4 Å². The number of rotatable bonds is 4. The monoisotopic (exact) mass is 470 g/mol. The van der Waals surface area contributed by atoms with Crippen LogP contribution < -0.4 is 5.73 Å². The third kappa shape index (κ3) is 3.96. The van der Waals surface area contributed by atoms with Gasteiger partial charge in [-0.15, -0.1) is 0 Å². The zero-order chi connectivity index (χ0) is 24.0. The van der Waals surface area contributed by atoms with E-state index in [-0.39, 0.29) is 47.0 Å². The van der Waals surface area contributed by atoms with Crippen LogP contribution in [0.2, 0.25) is 0 Å². The number of anilines is 1. The van der Waals surface area contributed by atoms with E-state index in [0.29, 0.717) is 44.1 Å². The lowest BCUT2D eigenvalue weighted by atomic mass is 9.93. The van der Waals surface area contributed by atoms with Crippen LogP contribution in [0, 0.1) is 11.6 Å². The van der Waals surface area contributed by atoms with Gasteiger partial charge in [0.1, 0.15) is 24.0 Å². The molecule has 34 heavy (non-hydrogen) atoms. The number of nitrogens with zero attached hydrogens (tertiary/aromatic N) is 5. The average Bonchev–Trinajstić information content (AvgIpc) is 3.10. The standard InChI is InChI=1S/C23H24F2N6O3/c1-13-12-34-5-4-30(13)20(32)11-31-18-8-16(24)7-17(25)21(18)22(28-31)15-9-29(10-15)23(33)14-2-3-27-19(26)6-14/h2-3,6-8,13,15H,4-5,9-12H2,1H3,(H2,26,27)/t13-/m1/s1. The summed E-state index contributed by atoms with van der Waals surface area (Å²) in [7, 11) is 0. The van der Waals surface area contributed by atoms with Crippen LogP contribution in [0.4, 0.5) is 14.6 Å². The van der Waals surface area contributed by atoms with Gasteiger partial charge in [0.15, 0.2) is 0 Å². The first kappa shape index (κ1) is 22.2. The Hall–Kier alpha value is -3.60. The summed E-state index contributed by atoms with van der Waals surface area (Å²) in [5.41, 5.74) is 6.71. The Kier molecular flexibility index (Phi) is 5.64. The fourth-order valence-corrected chi connectivity index (χ4v) is 4.56. The second kappa shape index (κ2) is 8.64. The van der Waals surface area contributed by atoms with Gasteiger partial charge in [0.05, 0.1) is 35.9 Å². The summed E-state index contributed by atoms with van der Waals surface area (Å²) in [4.78, 5) is 32.8. The molecule has 2 saturated heterocycles. The van der Waals surface area contributed by atoms with Crippen LogP contribution in [-0.4, -0.2) is 75.3 Å². The molecule has 0 unspecified atom stereocenters. The summed E-state index contributed by atoms with van der Waals surface area (Å²) >= 11 is 0. The van der Waals surface area contributed by atoms with Crippen LogP contribution in [0.1, 0.15) is 28.9 Å². The number of hydrogen-bond donors (Lipinski definition) is 1. The van der Waals surface area contributed by atoms with Gasteiger partial charge >= 0.3 is 0 Å². The molecule has 0 bridgehead atoms. The molecule has 0 radical (unpaired) electrons. The molecular formula is C23H24F2N6O3. The Morgan fingerprint density at radius 1 is 1.24 bits per heavy atom. The molecule has 2 amide bonds. The summed E-state index contributed by atoms with van der Waals surface area (Å²) in [6.07, 6.45) is 1.46. The van der Waals surface area contributed by atoms with Crippen molar-refractivity contribution >= 4 is 28.5 Å². The third-order valence-corrected chi connectivity index (χ3v) is 6.35. The smallest absolute Gasteiger partial charge is 0.254 e. The molecule has 9 nitrogen and oxygen atoms in total. The van der Waals surface area contributed by atoms with Crippen LogP contribution in [-0.2, 0) is 16.1 Å². The highest BCUT2D eigenvalue weighted by Crippen LogP contribution is 2.34. The lowest BCUT2D eigenvalue weighted by Gasteiger charge is -2.38. The molecule has 5 rings (SSSR count). The van der Waals surface area contributed by atoms with Crippen molar-refractivity contribution in [1.82, 2.24) is 24.6 Å². The van der Waals surface area contributed by atoms with Crippen molar-refractivity contribution < 1.29 is 23.1 Å². The number of aromatic nitrogens is 3. The predicted molar refractivity (Wildman–Crippen MR) is 119 cm³/mol. The van der Waals surface area contributed by atoms with E-state index >= 15 is 0 Å². The van der Waals surface area contributed by atoms with E-state index in [1.165, 1.54) is 23.0 Å². The second-order valence-electron chi connectivity index (χ2n) is 8.71. The number of carbonyl (C=O) groups excluding carboxylic acids is 2. The van der Waals surface area contributed by atoms with E-state index in [2.05, 4.69) is 10.1 Å². The van der Waals surface area contributed by atoms with E-state index in [1.807, 2.05) is 6.92 Å². The summed E-state index contributed by atoms with van der Waals surface area (Å²) in [5.74, 6) is -1.89. The fraction of sp³-hybridized carbons (Fsp3) is 0.391. The number of hydrogen-bond acceptors (Lipinski definition) is 6. The van der Waals surface area contributed by atoms with E-state index in [9.17, 15) is 18.4 Å². The van der Waals surface area contributed by atoms with Gasteiger partial charge < -0.3 is 20.3 Å². The number of benzene rings is 1. The van der Waals surface area contributed by atoms with Crippen molar-refractivity contribution in [1.29, 1.82) is 0 Å². The van der Waals surface area contributed by atoms with Crippen molar-refractivity contribution in [2.75, 3.05) is 38.6 Å². The molecule has 1 aromatic carbocycles. The van der Waals surface area contributed by atoms with Gasteiger partial charge in [0, 0.05) is 49.4 Å². The largest absolute Gasteiger partial charge is 0.384 e. The topological polar surface area (TPSA) is 107 Å². The second-order valence-corrected chi connectivity index (χ2v) is 8.71. The van der Waals surface area contributed by atoms with Crippen LogP contribution >= 0.6 is 0 Å². The maximum absolute atomic E-state index is 14.9. The molecule has 11 heteroatoms. The van der Waals surface area contributed by atoms with E-state index in [1.54, 1.807) is 15.9 Å². The number of likely N-dealkylation sites (tertiary alicyclic amines) is 1. The minimum atomic E-state index is -0.745. The highest BCUT2D eigenvalue weighted by atomic mass is 19.1. The molecule has 2 fully saturated rings. The molecule has 3 aromatic rings. The average molecular weight is 470 g/mol. The molecule has 1 atom stereocenters. The number of pyridine rings is 1. The predicted octanol–water partition coefficient (Wildman–Crippen LogP) is 1.78. The van der Waals surface area contributed by atoms with Gasteiger partial charge in [-0.2, -0.15) is 5.10 Å². The zero-order valence-corrected chi connectivity index (χ0v) is 18.6. The van der Waals surface area contributed by atoms with Crippen LogP contribution in [0.3, 0.4) is 0 Å². The molecule has 0 aliphatic carbocycles. The number of halogens is 2. The number of morpholine rings is 1. The molecule has 4 heterocycles. The first-order valence-electron chi connectivity index (χ1n) is 11.0. The van der Waals surface area contributed by atoms with Crippen LogP contribution in [0.15, 0.2) is 30.5 Å². The summed E-state index contributed by atoms with van der Waals surface area (Å²) < 4.78 is 35.7. The number of fused-ring (bicyclic) bond motifs is 1. The molecule has 2 aliphatic rings. The minimum absolute atomic E-state index is 0.0931. The highest BCUT2D eigenvalue weighted by molar-refractivity contribution is 5.95. The molecule has 178 valence electrons. The molecular weight excluding hydrogens is 446 g/mol. The summed E-state index contributed by atoms with van der Waals surface area (Å²) in [5, 5.41) is 4.69. The summed E-state index contributed by atoms with van der Waals surface area (Å²) in [6, 6.07) is 4.98. The normalized spacial score (nSPS) is 18.9. The molecule has 2 aliphatic heterocycles. The quantitative estimate of drug-likeness (QED) is 0.623. The van der Waals surface area contributed by atoms with Gasteiger partial charge in [-0.3, -0.25) is 14.3 Å². The first-order valence-corrected chi connectivity index (χ1v) is 11.0. The SMILES string of the molecule is C[C@@H]1COCCN1C(=O)Cn1nc(C2CN(C(=O)c3ccnc(N)c3)C2)c2c(F)cc(F)cc21. The minimum Gasteiger partial charge on any atom is -0.384 e. The number of carbonyl (C=O) groups is 2. The van der Waals surface area contributed by atoms with E-state index < -0.39 is 11.6 Å². The maximum Gasteiger partial charge on any atom is 0.254 e. The Labute approximate surface area is 194 Å². The van der Waals surface area contributed by atoms with Crippen molar-refractivity contribution in [2.24, 2.45) is 0 Å². The third-order valence-electron chi connectivity index (χ3n) is 6.35. The Morgan fingerprint density at radius 3 is 2.76 bits per heavy atom. The number of nitrogen functional groups attached to an aromatic ring is 1. The zero-order valence-electron chi connectivity index (χ0n) is 18.6. The van der Waals surface area contributed by atoms with Crippen molar-refractivity contribution in [3.05, 3.63) is 53.4 Å². The van der Waals surface area contributed by atoms with Gasteiger partial charge in [0.2, 0.25) is 5.91 Å². The molecule has 0 saturated carbocycles. The van der Waals surface area contributed by atoms with Gasteiger partial charge in [-0.25, -0.2) is 13.8 Å².